The summed E-state index contributed by atoms with van der Waals surface area (Å²) >= 11 is 0. The molecule has 1 aliphatic rings. The molecule has 118 valence electrons. The Hall–Kier alpha value is -1.05. The first-order valence-corrected chi connectivity index (χ1v) is 8.55. The van der Waals surface area contributed by atoms with Crippen LogP contribution in [0.1, 0.15) is 38.7 Å². The largest absolute Gasteiger partial charge is 0.310 e. The van der Waals surface area contributed by atoms with Crippen molar-refractivity contribution in [2.45, 2.75) is 56.6 Å². The van der Waals surface area contributed by atoms with E-state index in [1.165, 1.54) is 6.07 Å². The summed E-state index contributed by atoms with van der Waals surface area (Å²) in [7, 11) is -4.06. The Morgan fingerprint density at radius 1 is 1.33 bits per heavy atom. The summed E-state index contributed by atoms with van der Waals surface area (Å²) in [6.07, 6.45) is 2.68. The van der Waals surface area contributed by atoms with E-state index in [9.17, 15) is 17.2 Å². The standard InChI is InChI=1S/C14H20F2N2O2S/c1-3-9(2)18-21(19,20)13-7-10(6-12(15)14(13)16)8-17-11-4-5-11/h6-7,9,11,17-18H,3-5,8H2,1-2H3. The minimum Gasteiger partial charge on any atom is -0.310 e. The SMILES string of the molecule is CCC(C)NS(=O)(=O)c1cc(CNC2CC2)cc(F)c1F. The number of benzene rings is 1. The normalized spacial score (nSPS) is 17.0. The van der Waals surface area contributed by atoms with Gasteiger partial charge in [0.05, 0.1) is 0 Å². The predicted molar refractivity (Wildman–Crippen MR) is 76.3 cm³/mol. The van der Waals surface area contributed by atoms with Crippen LogP contribution < -0.4 is 10.0 Å². The molecule has 0 radical (unpaired) electrons. The second-order valence-corrected chi connectivity index (χ2v) is 7.16. The molecule has 1 saturated carbocycles. The second kappa shape index (κ2) is 6.37. The number of hydrogen-bond donors (Lipinski definition) is 2. The van der Waals surface area contributed by atoms with Gasteiger partial charge in [0.1, 0.15) is 4.90 Å². The maximum atomic E-state index is 13.8. The average molecular weight is 318 g/mol. The van der Waals surface area contributed by atoms with Crippen LogP contribution in [0.4, 0.5) is 8.78 Å². The lowest BCUT2D eigenvalue weighted by Crippen LogP contribution is -2.33. The topological polar surface area (TPSA) is 58.2 Å². The molecule has 2 N–H and O–H groups in total. The zero-order chi connectivity index (χ0) is 15.6. The smallest absolute Gasteiger partial charge is 0.243 e. The van der Waals surface area contributed by atoms with Gasteiger partial charge in [0.15, 0.2) is 11.6 Å². The lowest BCUT2D eigenvalue weighted by Gasteiger charge is -2.14. The molecule has 0 amide bonds. The number of sulfonamides is 1. The Bertz CT molecular complexity index is 616. The summed E-state index contributed by atoms with van der Waals surface area (Å²) in [5.74, 6) is -2.48. The van der Waals surface area contributed by atoms with Crippen LogP contribution in [-0.4, -0.2) is 20.5 Å². The number of nitrogens with one attached hydrogen (secondary N) is 2. The van der Waals surface area contributed by atoms with Gasteiger partial charge in [0.2, 0.25) is 10.0 Å². The van der Waals surface area contributed by atoms with Crippen LogP contribution in [0, 0.1) is 11.6 Å². The van der Waals surface area contributed by atoms with Gasteiger partial charge in [-0.1, -0.05) is 6.92 Å². The first-order valence-electron chi connectivity index (χ1n) is 7.07. The van der Waals surface area contributed by atoms with Crippen molar-refractivity contribution in [2.75, 3.05) is 0 Å². The zero-order valence-electron chi connectivity index (χ0n) is 12.1. The van der Waals surface area contributed by atoms with Crippen molar-refractivity contribution in [3.8, 4) is 0 Å². The van der Waals surface area contributed by atoms with Crippen molar-refractivity contribution < 1.29 is 17.2 Å². The van der Waals surface area contributed by atoms with Crippen LogP contribution in [-0.2, 0) is 16.6 Å². The molecule has 1 aromatic rings. The second-order valence-electron chi connectivity index (χ2n) is 5.48. The molecular formula is C14H20F2N2O2S. The number of hydrogen-bond acceptors (Lipinski definition) is 3. The maximum Gasteiger partial charge on any atom is 0.243 e. The van der Waals surface area contributed by atoms with Gasteiger partial charge < -0.3 is 5.32 Å². The minimum atomic E-state index is -4.06. The highest BCUT2D eigenvalue weighted by Crippen LogP contribution is 2.22. The highest BCUT2D eigenvalue weighted by Gasteiger charge is 2.25. The third-order valence-electron chi connectivity index (χ3n) is 3.49. The number of halogens is 2. The number of rotatable bonds is 7. The summed E-state index contributed by atoms with van der Waals surface area (Å²) in [4.78, 5) is -0.629. The van der Waals surface area contributed by atoms with Crippen LogP contribution in [0.25, 0.3) is 0 Å². The summed E-state index contributed by atoms with van der Waals surface area (Å²) < 4.78 is 54.1. The molecule has 0 spiro atoms. The van der Waals surface area contributed by atoms with Crippen molar-refractivity contribution >= 4 is 10.0 Å². The van der Waals surface area contributed by atoms with Gasteiger partial charge in [0, 0.05) is 18.6 Å². The van der Waals surface area contributed by atoms with E-state index in [0.717, 1.165) is 18.9 Å². The first kappa shape index (κ1) is 16.3. The van der Waals surface area contributed by atoms with Crippen molar-refractivity contribution in [3.05, 3.63) is 29.3 Å². The highest BCUT2D eigenvalue weighted by molar-refractivity contribution is 7.89. The lowest BCUT2D eigenvalue weighted by atomic mass is 10.2. The van der Waals surface area contributed by atoms with Crippen molar-refractivity contribution in [3.63, 3.8) is 0 Å². The Morgan fingerprint density at radius 3 is 2.57 bits per heavy atom. The predicted octanol–water partition coefficient (Wildman–Crippen LogP) is 2.29. The van der Waals surface area contributed by atoms with E-state index < -0.39 is 26.6 Å². The van der Waals surface area contributed by atoms with Crippen LogP contribution in [0.2, 0.25) is 0 Å². The fraction of sp³-hybridized carbons (Fsp3) is 0.571. The van der Waals surface area contributed by atoms with Crippen LogP contribution >= 0.6 is 0 Å². The fourth-order valence-corrected chi connectivity index (χ4v) is 3.34. The Morgan fingerprint density at radius 2 is 2.00 bits per heavy atom. The fourth-order valence-electron chi connectivity index (χ4n) is 1.88. The molecular weight excluding hydrogens is 298 g/mol. The van der Waals surface area contributed by atoms with E-state index in [-0.39, 0.29) is 6.04 Å². The molecule has 1 atom stereocenters. The highest BCUT2D eigenvalue weighted by atomic mass is 32.2. The van der Waals surface area contributed by atoms with Crippen molar-refractivity contribution in [2.24, 2.45) is 0 Å². The molecule has 4 nitrogen and oxygen atoms in total. The van der Waals surface area contributed by atoms with Crippen LogP contribution in [0.15, 0.2) is 17.0 Å². The van der Waals surface area contributed by atoms with E-state index in [1.54, 1.807) is 13.8 Å². The summed E-state index contributed by atoms with van der Waals surface area (Å²) in [6.45, 7) is 3.80. The zero-order valence-corrected chi connectivity index (χ0v) is 12.9. The molecule has 0 heterocycles. The van der Waals surface area contributed by atoms with E-state index >= 15 is 0 Å². The monoisotopic (exact) mass is 318 g/mol. The van der Waals surface area contributed by atoms with Crippen LogP contribution in [0.5, 0.6) is 0 Å². The molecule has 0 aliphatic heterocycles. The van der Waals surface area contributed by atoms with Gasteiger partial charge >= 0.3 is 0 Å². The molecule has 1 unspecified atom stereocenters. The molecule has 0 aromatic heterocycles. The van der Waals surface area contributed by atoms with Gasteiger partial charge in [0.25, 0.3) is 0 Å². The molecule has 0 saturated heterocycles. The molecule has 7 heteroatoms. The van der Waals surface area contributed by atoms with Gasteiger partial charge in [-0.15, -0.1) is 0 Å². The third kappa shape index (κ3) is 4.21. The average Bonchev–Trinajstić information content (AvgIpc) is 3.23. The molecule has 2 rings (SSSR count). The van der Waals surface area contributed by atoms with E-state index in [1.807, 2.05) is 0 Å². The Balaban J connectivity index is 2.27. The summed E-state index contributed by atoms with van der Waals surface area (Å²) in [5, 5.41) is 3.15. The summed E-state index contributed by atoms with van der Waals surface area (Å²) in [5.41, 5.74) is 0.422. The molecule has 0 bridgehead atoms. The van der Waals surface area contributed by atoms with Gasteiger partial charge in [-0.25, -0.2) is 21.9 Å². The van der Waals surface area contributed by atoms with Crippen molar-refractivity contribution in [1.82, 2.24) is 10.0 Å². The quantitative estimate of drug-likeness (QED) is 0.811. The van der Waals surface area contributed by atoms with E-state index in [4.69, 9.17) is 0 Å². The summed E-state index contributed by atoms with van der Waals surface area (Å²) in [6, 6.07) is 2.29. The van der Waals surface area contributed by atoms with E-state index in [0.29, 0.717) is 24.6 Å². The van der Waals surface area contributed by atoms with Gasteiger partial charge in [-0.3, -0.25) is 0 Å². The van der Waals surface area contributed by atoms with Crippen molar-refractivity contribution in [1.29, 1.82) is 0 Å². The molecule has 1 fully saturated rings. The molecule has 1 aromatic carbocycles. The lowest BCUT2D eigenvalue weighted by molar-refractivity contribution is 0.478. The molecule has 21 heavy (non-hydrogen) atoms. The van der Waals surface area contributed by atoms with Gasteiger partial charge in [-0.05, 0) is 43.9 Å². The third-order valence-corrected chi connectivity index (χ3v) is 5.07. The van der Waals surface area contributed by atoms with E-state index in [2.05, 4.69) is 10.0 Å². The Labute approximate surface area is 124 Å². The van der Waals surface area contributed by atoms with Crippen LogP contribution in [0.3, 0.4) is 0 Å². The van der Waals surface area contributed by atoms with Gasteiger partial charge in [-0.2, -0.15) is 0 Å². The first-order chi connectivity index (χ1) is 9.83. The minimum absolute atomic E-state index is 0.327. The maximum absolute atomic E-state index is 13.8. The Kier molecular flexibility index (Phi) is 4.95. The molecule has 1 aliphatic carbocycles.